The van der Waals surface area contributed by atoms with Gasteiger partial charge >= 0.3 is 0 Å². The van der Waals surface area contributed by atoms with E-state index in [1.807, 2.05) is 0 Å². The zero-order chi connectivity index (χ0) is 10.7. The fourth-order valence-corrected chi connectivity index (χ4v) is 1.98. The number of carbonyl (C=O) groups excluding carboxylic acids is 1. The van der Waals surface area contributed by atoms with Crippen LogP contribution in [0.25, 0.3) is 0 Å². The third-order valence-corrected chi connectivity index (χ3v) is 3.02. The van der Waals surface area contributed by atoms with Crippen LogP contribution < -0.4 is 0 Å². The Morgan fingerprint density at radius 1 is 1.20 bits per heavy atom. The lowest BCUT2D eigenvalue weighted by molar-refractivity contribution is -0.118. The van der Waals surface area contributed by atoms with Crippen molar-refractivity contribution in [3.63, 3.8) is 0 Å². The SMILES string of the molecule is Cc1ccccc1CC1=CCC(=O)CC1. The summed E-state index contributed by atoms with van der Waals surface area (Å²) in [5.74, 6) is 0.378. The van der Waals surface area contributed by atoms with Gasteiger partial charge in [0.25, 0.3) is 0 Å². The van der Waals surface area contributed by atoms with E-state index in [-0.39, 0.29) is 0 Å². The molecule has 0 radical (unpaired) electrons. The van der Waals surface area contributed by atoms with Gasteiger partial charge in [0, 0.05) is 12.8 Å². The molecule has 2 rings (SSSR count). The largest absolute Gasteiger partial charge is 0.299 e. The van der Waals surface area contributed by atoms with Gasteiger partial charge in [0.15, 0.2) is 0 Å². The normalized spacial score (nSPS) is 16.3. The molecule has 1 aromatic rings. The second kappa shape index (κ2) is 4.43. The van der Waals surface area contributed by atoms with Crippen molar-refractivity contribution in [1.29, 1.82) is 0 Å². The molecule has 0 atom stereocenters. The Bertz CT molecular complexity index is 402. The van der Waals surface area contributed by atoms with Gasteiger partial charge in [-0.1, -0.05) is 35.9 Å². The van der Waals surface area contributed by atoms with Crippen molar-refractivity contribution in [2.24, 2.45) is 0 Å². The summed E-state index contributed by atoms with van der Waals surface area (Å²) in [6.07, 6.45) is 5.45. The molecule has 0 unspecified atom stereocenters. The Kier molecular flexibility index (Phi) is 3.00. The highest BCUT2D eigenvalue weighted by molar-refractivity contribution is 5.81. The standard InChI is InChI=1S/C14H16O/c1-11-4-2-3-5-13(11)10-12-6-8-14(15)9-7-12/h2-6H,7-10H2,1H3. The van der Waals surface area contributed by atoms with Crippen molar-refractivity contribution in [1.82, 2.24) is 0 Å². The summed E-state index contributed by atoms with van der Waals surface area (Å²) < 4.78 is 0. The minimum Gasteiger partial charge on any atom is -0.299 e. The van der Waals surface area contributed by atoms with Crippen molar-refractivity contribution < 1.29 is 4.79 Å². The molecule has 0 bridgehead atoms. The fourth-order valence-electron chi connectivity index (χ4n) is 1.98. The molecule has 1 aliphatic carbocycles. The minimum atomic E-state index is 0.378. The van der Waals surface area contributed by atoms with Crippen LogP contribution in [-0.4, -0.2) is 5.78 Å². The van der Waals surface area contributed by atoms with E-state index in [0.717, 1.165) is 19.3 Å². The van der Waals surface area contributed by atoms with Crippen molar-refractivity contribution in [2.75, 3.05) is 0 Å². The number of ketones is 1. The van der Waals surface area contributed by atoms with Gasteiger partial charge in [-0.05, 0) is 30.9 Å². The summed E-state index contributed by atoms with van der Waals surface area (Å²) in [6.45, 7) is 2.14. The molecule has 0 saturated carbocycles. The number of benzene rings is 1. The first kappa shape index (κ1) is 10.2. The van der Waals surface area contributed by atoms with Gasteiger partial charge in [-0.3, -0.25) is 4.79 Å². The van der Waals surface area contributed by atoms with E-state index < -0.39 is 0 Å². The maximum Gasteiger partial charge on any atom is 0.136 e. The number of allylic oxidation sites excluding steroid dienone is 2. The van der Waals surface area contributed by atoms with Gasteiger partial charge in [0.1, 0.15) is 5.78 Å². The Labute approximate surface area is 90.8 Å². The lowest BCUT2D eigenvalue weighted by Gasteiger charge is -2.13. The van der Waals surface area contributed by atoms with Crippen LogP contribution in [0.5, 0.6) is 0 Å². The molecule has 1 aromatic carbocycles. The van der Waals surface area contributed by atoms with E-state index in [0.29, 0.717) is 12.2 Å². The van der Waals surface area contributed by atoms with Gasteiger partial charge in [-0.15, -0.1) is 0 Å². The Balaban J connectivity index is 2.10. The number of aryl methyl sites for hydroxylation is 1. The number of hydrogen-bond acceptors (Lipinski definition) is 1. The van der Waals surface area contributed by atoms with Crippen molar-refractivity contribution in [2.45, 2.75) is 32.6 Å². The third-order valence-electron chi connectivity index (χ3n) is 3.02. The Morgan fingerprint density at radius 2 is 2.00 bits per heavy atom. The van der Waals surface area contributed by atoms with E-state index in [2.05, 4.69) is 37.3 Å². The molecule has 0 fully saturated rings. The molecule has 0 saturated heterocycles. The molecule has 1 nitrogen and oxygen atoms in total. The minimum absolute atomic E-state index is 0.378. The molecule has 1 heteroatoms. The van der Waals surface area contributed by atoms with E-state index in [1.165, 1.54) is 16.7 Å². The highest BCUT2D eigenvalue weighted by Crippen LogP contribution is 2.20. The van der Waals surface area contributed by atoms with Crippen LogP contribution in [0.1, 0.15) is 30.4 Å². The van der Waals surface area contributed by atoms with E-state index in [1.54, 1.807) is 0 Å². The summed E-state index contributed by atoms with van der Waals surface area (Å²) in [6, 6.07) is 8.46. The average molecular weight is 200 g/mol. The molecule has 0 heterocycles. The molecule has 0 aromatic heterocycles. The smallest absolute Gasteiger partial charge is 0.136 e. The molecule has 0 N–H and O–H groups in total. The second-order valence-corrected chi connectivity index (χ2v) is 4.21. The molecule has 15 heavy (non-hydrogen) atoms. The van der Waals surface area contributed by atoms with Gasteiger partial charge < -0.3 is 0 Å². The van der Waals surface area contributed by atoms with Gasteiger partial charge in [0.05, 0.1) is 0 Å². The van der Waals surface area contributed by atoms with Crippen LogP contribution in [0, 0.1) is 6.92 Å². The van der Waals surface area contributed by atoms with Gasteiger partial charge in [-0.25, -0.2) is 0 Å². The topological polar surface area (TPSA) is 17.1 Å². The van der Waals surface area contributed by atoms with E-state index >= 15 is 0 Å². The second-order valence-electron chi connectivity index (χ2n) is 4.21. The molecule has 0 amide bonds. The maximum atomic E-state index is 11.1. The number of rotatable bonds is 2. The van der Waals surface area contributed by atoms with E-state index in [4.69, 9.17) is 0 Å². The first-order valence-corrected chi connectivity index (χ1v) is 5.50. The zero-order valence-corrected chi connectivity index (χ0v) is 9.12. The Morgan fingerprint density at radius 3 is 2.67 bits per heavy atom. The summed E-state index contributed by atoms with van der Waals surface area (Å²) in [4.78, 5) is 11.1. The molecule has 0 spiro atoms. The monoisotopic (exact) mass is 200 g/mol. The fraction of sp³-hybridized carbons (Fsp3) is 0.357. The number of carbonyl (C=O) groups is 1. The zero-order valence-electron chi connectivity index (χ0n) is 9.12. The van der Waals surface area contributed by atoms with Crippen LogP contribution in [0.4, 0.5) is 0 Å². The highest BCUT2D eigenvalue weighted by atomic mass is 16.1. The molecule has 1 aliphatic rings. The highest BCUT2D eigenvalue weighted by Gasteiger charge is 2.10. The van der Waals surface area contributed by atoms with Gasteiger partial charge in [0.2, 0.25) is 0 Å². The predicted molar refractivity (Wildman–Crippen MR) is 61.8 cm³/mol. The van der Waals surface area contributed by atoms with E-state index in [9.17, 15) is 4.79 Å². The van der Waals surface area contributed by atoms with Crippen molar-refractivity contribution in [3.8, 4) is 0 Å². The van der Waals surface area contributed by atoms with Crippen molar-refractivity contribution >= 4 is 5.78 Å². The average Bonchev–Trinajstić information content (AvgIpc) is 2.25. The molecular formula is C14H16O. The predicted octanol–water partition coefficient (Wildman–Crippen LogP) is 3.22. The van der Waals surface area contributed by atoms with Crippen molar-refractivity contribution in [3.05, 3.63) is 47.0 Å². The summed E-state index contributed by atoms with van der Waals surface area (Å²) >= 11 is 0. The van der Waals surface area contributed by atoms with Crippen LogP contribution in [0.3, 0.4) is 0 Å². The molecule has 78 valence electrons. The number of hydrogen-bond donors (Lipinski definition) is 0. The summed E-state index contributed by atoms with van der Waals surface area (Å²) in [5, 5.41) is 0. The quantitative estimate of drug-likeness (QED) is 0.670. The first-order valence-electron chi connectivity index (χ1n) is 5.50. The summed E-state index contributed by atoms with van der Waals surface area (Å²) in [7, 11) is 0. The van der Waals surface area contributed by atoms with Crippen LogP contribution in [-0.2, 0) is 11.2 Å². The van der Waals surface area contributed by atoms with Crippen LogP contribution >= 0.6 is 0 Å². The Hall–Kier alpha value is -1.37. The lowest BCUT2D eigenvalue weighted by atomic mass is 9.92. The molecule has 0 aliphatic heterocycles. The lowest BCUT2D eigenvalue weighted by Crippen LogP contribution is -2.05. The third kappa shape index (κ3) is 2.56. The first-order chi connectivity index (χ1) is 7.25. The van der Waals surface area contributed by atoms with Gasteiger partial charge in [-0.2, -0.15) is 0 Å². The van der Waals surface area contributed by atoms with Crippen LogP contribution in [0.15, 0.2) is 35.9 Å². The van der Waals surface area contributed by atoms with Crippen LogP contribution in [0.2, 0.25) is 0 Å². The summed E-state index contributed by atoms with van der Waals surface area (Å²) in [5.41, 5.74) is 4.15. The number of Topliss-reactive ketones (excluding diaryl/α,β-unsaturated/α-hetero) is 1. The maximum absolute atomic E-state index is 11.1. The molecular weight excluding hydrogens is 184 g/mol.